The first-order chi connectivity index (χ1) is 7.33. The van der Waals surface area contributed by atoms with Crippen molar-refractivity contribution < 1.29 is 0 Å². The lowest BCUT2D eigenvalue weighted by molar-refractivity contribution is 1.08. The summed E-state index contributed by atoms with van der Waals surface area (Å²) in [4.78, 5) is 7.70. The van der Waals surface area contributed by atoms with Gasteiger partial charge in [0.1, 0.15) is 11.5 Å². The van der Waals surface area contributed by atoms with Crippen molar-refractivity contribution in [1.82, 2.24) is 20.2 Å². The molecular weight excluding hydrogens is 190 g/mol. The third-order valence-electron chi connectivity index (χ3n) is 2.47. The van der Waals surface area contributed by atoms with Crippen LogP contribution < -0.4 is 16.4 Å². The predicted octanol–water partition coefficient (Wildman–Crippen LogP) is -0.263. The summed E-state index contributed by atoms with van der Waals surface area (Å²) in [6.45, 7) is 0. The van der Waals surface area contributed by atoms with Crippen molar-refractivity contribution >= 4 is 18.0 Å². The van der Waals surface area contributed by atoms with E-state index in [9.17, 15) is 0 Å². The highest BCUT2D eigenvalue weighted by Crippen LogP contribution is 2.11. The Labute approximate surface area is 85.7 Å². The van der Waals surface area contributed by atoms with Gasteiger partial charge < -0.3 is 10.7 Å². The maximum absolute atomic E-state index is 5.54. The molecule has 0 saturated carbocycles. The highest BCUT2D eigenvalue weighted by Gasteiger charge is 2.06. The highest BCUT2D eigenvalue weighted by atomic mass is 15.2. The molecule has 1 aliphatic carbocycles. The first-order valence-electron chi connectivity index (χ1n) is 4.90. The fraction of sp³-hybridized carbons (Fsp3) is 0.200. The Morgan fingerprint density at radius 1 is 1.27 bits per heavy atom. The molecule has 0 aromatic carbocycles. The molecule has 2 heterocycles. The number of rotatable bonds is 1. The van der Waals surface area contributed by atoms with Crippen LogP contribution in [0.25, 0.3) is 23.7 Å². The standard InChI is InChI=1S/C10H11N5/c11-9-5-8(14-15-9)10-12-6-3-1-2-4-7(6)13-10/h3-5H,1-2H2,(H,12,13)(H3,11,14,15). The van der Waals surface area contributed by atoms with Crippen LogP contribution in [0.5, 0.6) is 0 Å². The predicted molar refractivity (Wildman–Crippen MR) is 58.0 cm³/mol. The molecule has 5 heteroatoms. The summed E-state index contributed by atoms with van der Waals surface area (Å²) in [5, 5.41) is 8.81. The molecule has 15 heavy (non-hydrogen) atoms. The van der Waals surface area contributed by atoms with E-state index in [2.05, 4.69) is 32.3 Å². The van der Waals surface area contributed by atoms with Gasteiger partial charge in [0.15, 0.2) is 5.82 Å². The summed E-state index contributed by atoms with van der Waals surface area (Å²) >= 11 is 0. The lowest BCUT2D eigenvalue weighted by atomic mass is 10.2. The van der Waals surface area contributed by atoms with E-state index in [-0.39, 0.29) is 0 Å². The monoisotopic (exact) mass is 201 g/mol. The molecule has 5 nitrogen and oxygen atoms in total. The Kier molecular flexibility index (Phi) is 1.65. The third-order valence-corrected chi connectivity index (χ3v) is 2.47. The largest absolute Gasteiger partial charge is 0.382 e. The summed E-state index contributed by atoms with van der Waals surface area (Å²) in [5.41, 5.74) is 6.36. The summed E-state index contributed by atoms with van der Waals surface area (Å²) in [6, 6.07) is 1.77. The van der Waals surface area contributed by atoms with Crippen molar-refractivity contribution in [2.24, 2.45) is 0 Å². The second kappa shape index (κ2) is 2.98. The minimum Gasteiger partial charge on any atom is -0.382 e. The second-order valence-corrected chi connectivity index (χ2v) is 3.58. The van der Waals surface area contributed by atoms with Crippen molar-refractivity contribution in [3.05, 3.63) is 16.8 Å². The van der Waals surface area contributed by atoms with E-state index >= 15 is 0 Å². The molecule has 0 bridgehead atoms. The lowest BCUT2D eigenvalue weighted by Gasteiger charge is -1.89. The summed E-state index contributed by atoms with van der Waals surface area (Å²) in [7, 11) is 0. The lowest BCUT2D eigenvalue weighted by Crippen LogP contribution is -2.26. The van der Waals surface area contributed by atoms with Gasteiger partial charge in [0.25, 0.3) is 0 Å². The molecule has 76 valence electrons. The summed E-state index contributed by atoms with van der Waals surface area (Å²) in [6.07, 6.45) is 6.42. The van der Waals surface area contributed by atoms with Gasteiger partial charge >= 0.3 is 0 Å². The molecule has 0 radical (unpaired) electrons. The van der Waals surface area contributed by atoms with E-state index in [4.69, 9.17) is 5.73 Å². The van der Waals surface area contributed by atoms with Gasteiger partial charge in [-0.1, -0.05) is 12.2 Å². The molecule has 1 aliphatic rings. The number of aromatic amines is 2. The van der Waals surface area contributed by atoms with Crippen LogP contribution in [0.4, 0.5) is 5.82 Å². The van der Waals surface area contributed by atoms with E-state index in [1.165, 1.54) is 0 Å². The molecule has 0 aliphatic heterocycles. The average molecular weight is 201 g/mol. The van der Waals surface area contributed by atoms with Crippen molar-refractivity contribution in [3.63, 3.8) is 0 Å². The van der Waals surface area contributed by atoms with Gasteiger partial charge in [0.05, 0.1) is 10.7 Å². The van der Waals surface area contributed by atoms with Gasteiger partial charge in [0, 0.05) is 6.07 Å². The van der Waals surface area contributed by atoms with Crippen molar-refractivity contribution in [2.45, 2.75) is 12.8 Å². The van der Waals surface area contributed by atoms with Gasteiger partial charge in [-0.15, -0.1) is 0 Å². The Balaban J connectivity index is 2.19. The molecule has 4 N–H and O–H groups in total. The minimum atomic E-state index is 0.479. The van der Waals surface area contributed by atoms with E-state index in [0.717, 1.165) is 35.1 Å². The molecule has 3 rings (SSSR count). The maximum Gasteiger partial charge on any atom is 0.156 e. The fourth-order valence-electron chi connectivity index (χ4n) is 1.75. The number of anilines is 1. The molecular formula is C10H11N5. The minimum absolute atomic E-state index is 0.479. The number of nitrogens with zero attached hydrogens (tertiary/aromatic N) is 2. The number of imidazole rings is 1. The Morgan fingerprint density at radius 2 is 2.13 bits per heavy atom. The smallest absolute Gasteiger partial charge is 0.156 e. The number of fused-ring (bicyclic) bond motifs is 1. The van der Waals surface area contributed by atoms with Crippen LogP contribution in [0, 0.1) is 0 Å². The van der Waals surface area contributed by atoms with Crippen LogP contribution in [0.3, 0.4) is 0 Å². The van der Waals surface area contributed by atoms with Crippen LogP contribution in [0.1, 0.15) is 12.8 Å². The molecule has 0 saturated heterocycles. The van der Waals surface area contributed by atoms with Crippen molar-refractivity contribution in [1.29, 1.82) is 0 Å². The molecule has 0 fully saturated rings. The van der Waals surface area contributed by atoms with Gasteiger partial charge in [-0.2, -0.15) is 5.10 Å². The van der Waals surface area contributed by atoms with E-state index < -0.39 is 0 Å². The quantitative estimate of drug-likeness (QED) is 0.594. The molecule has 2 aromatic heterocycles. The van der Waals surface area contributed by atoms with Crippen LogP contribution in [-0.2, 0) is 0 Å². The number of nitrogens with two attached hydrogens (primary N) is 1. The third kappa shape index (κ3) is 1.32. The fourth-order valence-corrected chi connectivity index (χ4v) is 1.75. The van der Waals surface area contributed by atoms with E-state index in [0.29, 0.717) is 5.82 Å². The first kappa shape index (κ1) is 8.28. The molecule has 0 amide bonds. The van der Waals surface area contributed by atoms with Crippen molar-refractivity contribution in [3.8, 4) is 11.5 Å². The zero-order valence-electron chi connectivity index (χ0n) is 8.12. The van der Waals surface area contributed by atoms with Crippen LogP contribution >= 0.6 is 0 Å². The topological polar surface area (TPSA) is 83.4 Å². The number of H-pyrrole nitrogens is 2. The zero-order valence-corrected chi connectivity index (χ0v) is 8.12. The van der Waals surface area contributed by atoms with E-state index in [1.807, 2.05) is 0 Å². The maximum atomic E-state index is 5.54. The molecule has 0 spiro atoms. The number of hydrogen-bond acceptors (Lipinski definition) is 3. The average Bonchev–Trinajstić information content (AvgIpc) is 2.82. The van der Waals surface area contributed by atoms with Crippen LogP contribution in [-0.4, -0.2) is 20.2 Å². The van der Waals surface area contributed by atoms with E-state index in [1.54, 1.807) is 6.07 Å². The van der Waals surface area contributed by atoms with Crippen LogP contribution in [0.2, 0.25) is 0 Å². The number of hydrogen-bond donors (Lipinski definition) is 3. The number of nitrogen functional groups attached to an aromatic ring is 1. The molecule has 0 unspecified atom stereocenters. The molecule has 2 aromatic rings. The Morgan fingerprint density at radius 3 is 2.87 bits per heavy atom. The van der Waals surface area contributed by atoms with Gasteiger partial charge in [-0.25, -0.2) is 4.98 Å². The number of aromatic nitrogens is 4. The Hall–Kier alpha value is -2.04. The Bertz CT molecular complexity index is 571. The van der Waals surface area contributed by atoms with Crippen molar-refractivity contribution in [2.75, 3.05) is 5.73 Å². The molecule has 0 atom stereocenters. The second-order valence-electron chi connectivity index (χ2n) is 3.58. The highest BCUT2D eigenvalue weighted by molar-refractivity contribution is 5.54. The summed E-state index contributed by atoms with van der Waals surface area (Å²) in [5.74, 6) is 1.27. The normalized spacial score (nSPS) is 14.1. The van der Waals surface area contributed by atoms with Gasteiger partial charge in [0.2, 0.25) is 0 Å². The van der Waals surface area contributed by atoms with Gasteiger partial charge in [-0.3, -0.25) is 5.10 Å². The first-order valence-corrected chi connectivity index (χ1v) is 4.90. The SMILES string of the molecule is Nc1cc(-c2nc3c([nH]2)=CCCC=3)[nH]n1. The zero-order chi connectivity index (χ0) is 10.3. The van der Waals surface area contributed by atoms with Crippen LogP contribution in [0.15, 0.2) is 6.07 Å². The van der Waals surface area contributed by atoms with Gasteiger partial charge in [-0.05, 0) is 12.8 Å². The number of nitrogens with one attached hydrogen (secondary N) is 2. The summed E-state index contributed by atoms with van der Waals surface area (Å²) < 4.78 is 0.